The number of nitro groups is 1. The molecule has 7 heteroatoms. The van der Waals surface area contributed by atoms with Gasteiger partial charge in [0, 0.05) is 12.6 Å². The molecule has 7 nitrogen and oxygen atoms in total. The maximum Gasteiger partial charge on any atom is 0.287 e. The van der Waals surface area contributed by atoms with Crippen LogP contribution in [0.5, 0.6) is 0 Å². The highest BCUT2D eigenvalue weighted by Gasteiger charge is 2.28. The molecule has 0 aliphatic heterocycles. The smallest absolute Gasteiger partial charge is 0.287 e. The van der Waals surface area contributed by atoms with Gasteiger partial charge in [0.1, 0.15) is 5.69 Å². The number of aliphatic hydroxyl groups is 1. The summed E-state index contributed by atoms with van der Waals surface area (Å²) in [5.41, 5.74) is -0.696. The average molecular weight is 283 g/mol. The zero-order valence-electron chi connectivity index (χ0n) is 12.2. The van der Waals surface area contributed by atoms with Gasteiger partial charge in [-0.3, -0.25) is 14.9 Å². The summed E-state index contributed by atoms with van der Waals surface area (Å²) < 4.78 is 1.56. The molecule has 0 saturated carbocycles. The molecule has 0 aliphatic carbocycles. The summed E-state index contributed by atoms with van der Waals surface area (Å²) in [6.45, 7) is 7.40. The van der Waals surface area contributed by atoms with Gasteiger partial charge in [0.05, 0.1) is 22.8 Å². The van der Waals surface area contributed by atoms with Gasteiger partial charge in [-0.1, -0.05) is 6.92 Å². The third kappa shape index (κ3) is 3.57. The molecule has 1 unspecified atom stereocenters. The Morgan fingerprint density at radius 3 is 2.65 bits per heavy atom. The molecule has 1 atom stereocenters. The van der Waals surface area contributed by atoms with Crippen LogP contribution < -0.4 is 5.32 Å². The normalized spacial score (nSPS) is 13.1. The van der Waals surface area contributed by atoms with E-state index in [1.807, 2.05) is 6.92 Å². The molecule has 0 aromatic carbocycles. The molecule has 1 aromatic rings. The standard InChI is InChI=1S/C13H21N3O4/c1-5-6-15-8-10(16(19)20)7-11(15)12(18)14-13(3,4)9(2)17/h7-9,17H,5-6H2,1-4H3,(H,14,18). The highest BCUT2D eigenvalue weighted by atomic mass is 16.6. The predicted molar refractivity (Wildman–Crippen MR) is 74.6 cm³/mol. The second-order valence-electron chi connectivity index (χ2n) is 5.39. The molecular formula is C13H21N3O4. The molecular weight excluding hydrogens is 262 g/mol. The summed E-state index contributed by atoms with van der Waals surface area (Å²) in [7, 11) is 0. The van der Waals surface area contributed by atoms with E-state index in [4.69, 9.17) is 0 Å². The molecule has 2 N–H and O–H groups in total. The summed E-state index contributed by atoms with van der Waals surface area (Å²) in [5.74, 6) is -0.433. The van der Waals surface area contributed by atoms with E-state index in [1.54, 1.807) is 25.3 Å². The molecule has 112 valence electrons. The maximum atomic E-state index is 12.2. The number of nitrogens with zero attached hydrogens (tertiary/aromatic N) is 2. The Kier molecular flexibility index (Phi) is 4.88. The Bertz CT molecular complexity index is 506. The number of hydrogen-bond donors (Lipinski definition) is 2. The van der Waals surface area contributed by atoms with Crippen LogP contribution >= 0.6 is 0 Å². The van der Waals surface area contributed by atoms with Gasteiger partial charge in [-0.25, -0.2) is 0 Å². The molecule has 1 amide bonds. The van der Waals surface area contributed by atoms with Crippen molar-refractivity contribution in [3.05, 3.63) is 28.1 Å². The van der Waals surface area contributed by atoms with E-state index in [2.05, 4.69) is 5.32 Å². The number of rotatable bonds is 6. The van der Waals surface area contributed by atoms with Crippen LogP contribution in [-0.4, -0.2) is 32.1 Å². The van der Waals surface area contributed by atoms with Gasteiger partial charge in [0.2, 0.25) is 0 Å². The molecule has 1 heterocycles. The van der Waals surface area contributed by atoms with Gasteiger partial charge in [-0.2, -0.15) is 0 Å². The lowest BCUT2D eigenvalue weighted by Gasteiger charge is -2.29. The van der Waals surface area contributed by atoms with Gasteiger partial charge in [0.15, 0.2) is 0 Å². The number of carbonyl (C=O) groups is 1. The van der Waals surface area contributed by atoms with Crippen LogP contribution in [0.25, 0.3) is 0 Å². The summed E-state index contributed by atoms with van der Waals surface area (Å²) in [6, 6.07) is 1.25. The van der Waals surface area contributed by atoms with E-state index in [0.717, 1.165) is 6.42 Å². The molecule has 20 heavy (non-hydrogen) atoms. The van der Waals surface area contributed by atoms with Crippen LogP contribution in [0.15, 0.2) is 12.3 Å². The number of hydrogen-bond acceptors (Lipinski definition) is 4. The van der Waals surface area contributed by atoms with Crippen LogP contribution in [0, 0.1) is 10.1 Å². The third-order valence-electron chi connectivity index (χ3n) is 3.27. The largest absolute Gasteiger partial charge is 0.391 e. The van der Waals surface area contributed by atoms with Crippen molar-refractivity contribution < 1.29 is 14.8 Å². The SMILES string of the molecule is CCCn1cc([N+](=O)[O-])cc1C(=O)NC(C)(C)C(C)O. The number of nitrogens with one attached hydrogen (secondary N) is 1. The molecule has 0 radical (unpaired) electrons. The Morgan fingerprint density at radius 1 is 1.60 bits per heavy atom. The maximum absolute atomic E-state index is 12.2. The van der Waals surface area contributed by atoms with Crippen LogP contribution in [0.1, 0.15) is 44.6 Å². The van der Waals surface area contributed by atoms with Crippen molar-refractivity contribution in [2.45, 2.75) is 52.3 Å². The second kappa shape index (κ2) is 6.04. The molecule has 0 spiro atoms. The minimum absolute atomic E-state index is 0.113. The first-order chi connectivity index (χ1) is 9.19. The molecule has 0 fully saturated rings. The number of aliphatic hydroxyl groups excluding tert-OH is 1. The number of amides is 1. The van der Waals surface area contributed by atoms with Crippen molar-refractivity contribution in [1.82, 2.24) is 9.88 Å². The lowest BCUT2D eigenvalue weighted by Crippen LogP contribution is -2.51. The Morgan fingerprint density at radius 2 is 2.20 bits per heavy atom. The fourth-order valence-electron chi connectivity index (χ4n) is 1.67. The lowest BCUT2D eigenvalue weighted by molar-refractivity contribution is -0.384. The zero-order chi connectivity index (χ0) is 15.5. The number of aromatic nitrogens is 1. The van der Waals surface area contributed by atoms with Crippen molar-refractivity contribution in [2.75, 3.05) is 0 Å². The molecule has 1 rings (SSSR count). The van der Waals surface area contributed by atoms with E-state index in [0.29, 0.717) is 6.54 Å². The summed E-state index contributed by atoms with van der Waals surface area (Å²) in [6.07, 6.45) is 1.37. The minimum atomic E-state index is -0.812. The summed E-state index contributed by atoms with van der Waals surface area (Å²) in [4.78, 5) is 22.5. The van der Waals surface area contributed by atoms with Crippen molar-refractivity contribution in [3.8, 4) is 0 Å². The fraction of sp³-hybridized carbons (Fsp3) is 0.615. The number of carbonyl (C=O) groups excluding carboxylic acids is 1. The first-order valence-electron chi connectivity index (χ1n) is 6.54. The minimum Gasteiger partial charge on any atom is -0.391 e. The molecule has 0 bridgehead atoms. The van der Waals surface area contributed by atoms with Crippen LogP contribution in [0.3, 0.4) is 0 Å². The van der Waals surface area contributed by atoms with Gasteiger partial charge in [-0.15, -0.1) is 0 Å². The van der Waals surface area contributed by atoms with Crippen LogP contribution in [0.4, 0.5) is 5.69 Å². The average Bonchev–Trinajstić information content (AvgIpc) is 2.73. The van der Waals surface area contributed by atoms with Crippen molar-refractivity contribution in [2.24, 2.45) is 0 Å². The second-order valence-corrected chi connectivity index (χ2v) is 5.39. The van der Waals surface area contributed by atoms with Crippen molar-refractivity contribution >= 4 is 11.6 Å². The van der Waals surface area contributed by atoms with E-state index in [-0.39, 0.29) is 11.4 Å². The van der Waals surface area contributed by atoms with E-state index < -0.39 is 22.5 Å². The van der Waals surface area contributed by atoms with E-state index in [1.165, 1.54) is 12.3 Å². The monoisotopic (exact) mass is 283 g/mol. The predicted octanol–water partition coefficient (Wildman–Crippen LogP) is 1.70. The van der Waals surface area contributed by atoms with E-state index in [9.17, 15) is 20.0 Å². The van der Waals surface area contributed by atoms with Gasteiger partial charge in [0.25, 0.3) is 11.6 Å². The molecule has 0 aliphatic rings. The fourth-order valence-corrected chi connectivity index (χ4v) is 1.67. The quantitative estimate of drug-likeness (QED) is 0.613. The van der Waals surface area contributed by atoms with Crippen LogP contribution in [0.2, 0.25) is 0 Å². The summed E-state index contributed by atoms with van der Waals surface area (Å²) >= 11 is 0. The lowest BCUT2D eigenvalue weighted by atomic mass is 9.98. The third-order valence-corrected chi connectivity index (χ3v) is 3.27. The summed E-state index contributed by atoms with van der Waals surface area (Å²) in [5, 5.41) is 23.1. The molecule has 1 aromatic heterocycles. The first-order valence-corrected chi connectivity index (χ1v) is 6.54. The Balaban J connectivity index is 3.05. The van der Waals surface area contributed by atoms with Crippen molar-refractivity contribution in [1.29, 1.82) is 0 Å². The van der Waals surface area contributed by atoms with E-state index >= 15 is 0 Å². The first kappa shape index (κ1) is 16.2. The Hall–Kier alpha value is -1.89. The van der Waals surface area contributed by atoms with Crippen LogP contribution in [-0.2, 0) is 6.54 Å². The zero-order valence-corrected chi connectivity index (χ0v) is 12.2. The Labute approximate surface area is 117 Å². The topological polar surface area (TPSA) is 97.4 Å². The molecule has 0 saturated heterocycles. The van der Waals surface area contributed by atoms with Gasteiger partial charge >= 0.3 is 0 Å². The highest BCUT2D eigenvalue weighted by molar-refractivity contribution is 5.94. The van der Waals surface area contributed by atoms with Crippen molar-refractivity contribution in [3.63, 3.8) is 0 Å². The number of aryl methyl sites for hydroxylation is 1. The van der Waals surface area contributed by atoms with Gasteiger partial charge in [-0.05, 0) is 27.2 Å². The van der Waals surface area contributed by atoms with Gasteiger partial charge < -0.3 is 15.0 Å². The highest BCUT2D eigenvalue weighted by Crippen LogP contribution is 2.18.